The van der Waals surface area contributed by atoms with Crippen molar-refractivity contribution in [3.63, 3.8) is 0 Å². The second-order valence-electron chi connectivity index (χ2n) is 9.70. The number of nitro benzene ring substituents is 1. The fourth-order valence-corrected chi connectivity index (χ4v) is 5.74. The Kier molecular flexibility index (Phi) is 8.17. The van der Waals surface area contributed by atoms with Crippen LogP contribution in [0.3, 0.4) is 0 Å². The van der Waals surface area contributed by atoms with Crippen molar-refractivity contribution in [3.8, 4) is 17.2 Å². The minimum atomic E-state index is -4.48. The molecule has 5 rings (SSSR count). The normalized spacial score (nSPS) is 17.2. The molecule has 1 amide bonds. The highest BCUT2D eigenvalue weighted by Crippen LogP contribution is 2.33. The summed E-state index contributed by atoms with van der Waals surface area (Å²) < 4.78 is 45.1. The third kappa shape index (κ3) is 6.47. The van der Waals surface area contributed by atoms with Gasteiger partial charge in [-0.2, -0.15) is 0 Å². The van der Waals surface area contributed by atoms with E-state index < -0.39 is 31.4 Å². The van der Waals surface area contributed by atoms with E-state index in [0.717, 1.165) is 37.1 Å². The average Bonchev–Trinajstić information content (AvgIpc) is 3.44. The summed E-state index contributed by atoms with van der Waals surface area (Å²) in [7, 11) is -2.80. The zero-order chi connectivity index (χ0) is 29.0. The van der Waals surface area contributed by atoms with E-state index in [1.165, 1.54) is 30.5 Å². The van der Waals surface area contributed by atoms with Crippen molar-refractivity contribution in [3.05, 3.63) is 82.7 Å². The molecule has 1 aliphatic carbocycles. The number of nitrogens with one attached hydrogen (secondary N) is 2. The van der Waals surface area contributed by atoms with Crippen LogP contribution in [0.4, 0.5) is 5.69 Å². The number of aromatic amines is 1. The summed E-state index contributed by atoms with van der Waals surface area (Å²) in [6, 6.07) is 12.9. The highest BCUT2D eigenvalue weighted by atomic mass is 32.2. The lowest BCUT2D eigenvalue weighted by Gasteiger charge is -2.27. The largest absolute Gasteiger partial charge is 0.487 e. The van der Waals surface area contributed by atoms with E-state index in [1.54, 1.807) is 31.5 Å². The number of nitrogens with zero attached hydrogens (tertiary/aromatic N) is 2. The highest BCUT2D eigenvalue weighted by molar-refractivity contribution is 7.90. The molecule has 41 heavy (non-hydrogen) atoms. The first-order chi connectivity index (χ1) is 19.7. The Hall–Kier alpha value is -4.49. The van der Waals surface area contributed by atoms with Gasteiger partial charge in [0, 0.05) is 24.8 Å². The van der Waals surface area contributed by atoms with Gasteiger partial charge < -0.3 is 19.2 Å². The lowest BCUT2D eigenvalue weighted by molar-refractivity contribution is -0.386. The quantitative estimate of drug-likeness (QED) is 0.195. The van der Waals surface area contributed by atoms with Crippen molar-refractivity contribution >= 4 is 32.7 Å². The summed E-state index contributed by atoms with van der Waals surface area (Å²) in [4.78, 5) is 30.9. The van der Waals surface area contributed by atoms with Crippen molar-refractivity contribution in [1.29, 1.82) is 0 Å². The number of pyridine rings is 1. The molecule has 0 atom stereocenters. The van der Waals surface area contributed by atoms with Crippen LogP contribution >= 0.6 is 0 Å². The zero-order valence-corrected chi connectivity index (χ0v) is 22.9. The van der Waals surface area contributed by atoms with Gasteiger partial charge in [-0.15, -0.1) is 0 Å². The number of H-pyrrole nitrogens is 1. The van der Waals surface area contributed by atoms with E-state index in [-0.39, 0.29) is 35.7 Å². The number of rotatable bonds is 10. The Balaban J connectivity index is 1.30. The van der Waals surface area contributed by atoms with Crippen LogP contribution in [0.1, 0.15) is 36.0 Å². The van der Waals surface area contributed by atoms with Crippen molar-refractivity contribution in [1.82, 2.24) is 14.7 Å². The number of carbonyl (C=O) groups is 1. The van der Waals surface area contributed by atoms with Gasteiger partial charge in [-0.05, 0) is 68.0 Å². The minimum Gasteiger partial charge on any atom is -0.487 e. The molecule has 1 saturated carbocycles. The number of amides is 1. The predicted molar refractivity (Wildman–Crippen MR) is 149 cm³/mol. The fraction of sp³-hybridized carbons (Fsp3) is 0.286. The Morgan fingerprint density at radius 3 is 2.63 bits per heavy atom. The number of benzene rings is 2. The topological polar surface area (TPSA) is 163 Å². The number of aromatic nitrogens is 2. The van der Waals surface area contributed by atoms with Crippen LogP contribution in [0.2, 0.25) is 0 Å². The number of hydrogen-bond acceptors (Lipinski definition) is 9. The monoisotopic (exact) mass is 580 g/mol. The van der Waals surface area contributed by atoms with Crippen LogP contribution in [-0.2, 0) is 14.8 Å². The molecule has 214 valence electrons. The molecule has 0 radical (unpaired) electrons. The van der Waals surface area contributed by atoms with E-state index in [0.29, 0.717) is 11.4 Å². The van der Waals surface area contributed by atoms with Crippen molar-refractivity contribution in [2.24, 2.45) is 5.92 Å². The van der Waals surface area contributed by atoms with E-state index in [9.17, 15) is 23.3 Å². The Morgan fingerprint density at radius 1 is 1.10 bits per heavy atom. The molecule has 2 aromatic heterocycles. The Morgan fingerprint density at radius 2 is 1.88 bits per heavy atom. The van der Waals surface area contributed by atoms with Gasteiger partial charge in [0.1, 0.15) is 17.1 Å². The predicted octanol–water partition coefficient (Wildman–Crippen LogP) is 4.97. The fourth-order valence-electron chi connectivity index (χ4n) is 4.75. The molecule has 1 aliphatic rings. The minimum absolute atomic E-state index is 0.0408. The molecule has 0 spiro atoms. The lowest BCUT2D eigenvalue weighted by Crippen LogP contribution is -2.31. The second kappa shape index (κ2) is 11.9. The second-order valence-corrected chi connectivity index (χ2v) is 11.4. The third-order valence-electron chi connectivity index (χ3n) is 7.00. The number of sulfonamides is 1. The van der Waals surface area contributed by atoms with E-state index in [2.05, 4.69) is 9.97 Å². The van der Waals surface area contributed by atoms with Crippen LogP contribution in [0, 0.1) is 16.0 Å². The molecule has 0 aliphatic heterocycles. The molecule has 2 N–H and O–H groups in total. The Bertz CT molecular complexity index is 1680. The zero-order valence-electron chi connectivity index (χ0n) is 22.1. The van der Waals surface area contributed by atoms with Crippen LogP contribution in [0.15, 0.2) is 71.9 Å². The molecular weight excluding hydrogens is 552 g/mol. The summed E-state index contributed by atoms with van der Waals surface area (Å²) in [6.07, 6.45) is 6.92. The highest BCUT2D eigenvalue weighted by Gasteiger charge is 2.27. The molecule has 13 heteroatoms. The maximum absolute atomic E-state index is 13.1. The average molecular weight is 581 g/mol. The molecular formula is C28H28N4O8S. The van der Waals surface area contributed by atoms with Gasteiger partial charge >= 0.3 is 5.69 Å². The van der Waals surface area contributed by atoms with Crippen molar-refractivity contribution in [2.75, 3.05) is 13.7 Å². The van der Waals surface area contributed by atoms with Crippen molar-refractivity contribution < 1.29 is 32.3 Å². The standard InChI is InChI=1S/C28H28N4O8S/c1-38-20-8-6-18(7-9-20)17-39-26-11-10-22(15-24(26)32(34)35)41(36,37)31-28(33)23-4-2-3-5-25(23)40-21-14-19-12-13-29-27(19)30-16-21/h2-5,10-16,18,20H,6-9,17H2,1H3,(H,29,30)(H,31,33). The third-order valence-corrected chi connectivity index (χ3v) is 8.33. The van der Waals surface area contributed by atoms with Gasteiger partial charge in [0.2, 0.25) is 0 Å². The number of para-hydroxylation sites is 1. The van der Waals surface area contributed by atoms with Crippen LogP contribution in [0.25, 0.3) is 11.0 Å². The molecule has 0 unspecified atom stereocenters. The first-order valence-electron chi connectivity index (χ1n) is 12.9. The summed E-state index contributed by atoms with van der Waals surface area (Å²) in [5, 5.41) is 12.6. The van der Waals surface area contributed by atoms with E-state index >= 15 is 0 Å². The first-order valence-corrected chi connectivity index (χ1v) is 14.4. The number of nitro groups is 1. The Labute approximate surface area is 235 Å². The van der Waals surface area contributed by atoms with Crippen LogP contribution in [0.5, 0.6) is 17.2 Å². The molecule has 2 aromatic carbocycles. The first kappa shape index (κ1) is 28.1. The number of methoxy groups -OCH3 is 1. The number of ether oxygens (including phenoxy) is 3. The van der Waals surface area contributed by atoms with Crippen LogP contribution in [-0.4, -0.2) is 49.0 Å². The van der Waals surface area contributed by atoms with E-state index in [1.807, 2.05) is 10.8 Å². The molecule has 1 fully saturated rings. The summed E-state index contributed by atoms with van der Waals surface area (Å²) in [5.74, 6) is -0.345. The maximum Gasteiger partial charge on any atom is 0.312 e. The van der Waals surface area contributed by atoms with Gasteiger partial charge in [0.25, 0.3) is 15.9 Å². The molecule has 12 nitrogen and oxygen atoms in total. The summed E-state index contributed by atoms with van der Waals surface area (Å²) in [6.45, 7) is 0.267. The summed E-state index contributed by atoms with van der Waals surface area (Å²) >= 11 is 0. The van der Waals surface area contributed by atoms with E-state index in [4.69, 9.17) is 14.2 Å². The molecule has 0 saturated heterocycles. The van der Waals surface area contributed by atoms with Crippen LogP contribution < -0.4 is 14.2 Å². The number of hydrogen-bond donors (Lipinski definition) is 2. The van der Waals surface area contributed by atoms with Gasteiger partial charge in [-0.3, -0.25) is 14.9 Å². The molecule has 2 heterocycles. The van der Waals surface area contributed by atoms with Gasteiger partial charge in [0.15, 0.2) is 5.75 Å². The maximum atomic E-state index is 13.1. The summed E-state index contributed by atoms with van der Waals surface area (Å²) in [5.41, 5.74) is 0.0966. The van der Waals surface area contributed by atoms with Gasteiger partial charge in [-0.25, -0.2) is 18.1 Å². The SMILES string of the molecule is COC1CCC(COc2ccc(S(=O)(=O)NC(=O)c3ccccc3Oc3cnc4[nH]ccc4c3)cc2[N+](=O)[O-])CC1. The van der Waals surface area contributed by atoms with Crippen molar-refractivity contribution in [2.45, 2.75) is 36.7 Å². The molecule has 0 bridgehead atoms. The smallest absolute Gasteiger partial charge is 0.312 e. The molecule has 4 aromatic rings. The number of fused-ring (bicyclic) bond motifs is 1. The lowest BCUT2D eigenvalue weighted by atomic mass is 9.88. The van der Waals surface area contributed by atoms with Gasteiger partial charge in [-0.1, -0.05) is 12.1 Å². The number of carbonyl (C=O) groups excluding carboxylic acids is 1. The van der Waals surface area contributed by atoms with Gasteiger partial charge in [0.05, 0.1) is 34.3 Å².